The highest BCUT2D eigenvalue weighted by Gasteiger charge is 2.33. The lowest BCUT2D eigenvalue weighted by atomic mass is 10.2. The van der Waals surface area contributed by atoms with Crippen molar-refractivity contribution in [3.05, 3.63) is 45.4 Å². The minimum atomic E-state index is -1.06. The SMILES string of the molecule is O=C(O)c1nnn(Cc2ccc(F)c(Br)c2)c1C1CC1. The number of nitrogens with zero attached hydrogens (tertiary/aromatic N) is 3. The minimum absolute atomic E-state index is 0.0219. The molecule has 1 aliphatic carbocycles. The van der Waals surface area contributed by atoms with Crippen molar-refractivity contribution in [1.29, 1.82) is 0 Å². The molecule has 1 aromatic heterocycles. The Labute approximate surface area is 122 Å². The second kappa shape index (κ2) is 4.97. The molecule has 1 aliphatic rings. The first-order valence-corrected chi connectivity index (χ1v) is 6.96. The monoisotopic (exact) mass is 339 g/mol. The van der Waals surface area contributed by atoms with E-state index in [9.17, 15) is 9.18 Å². The normalized spacial score (nSPS) is 14.5. The van der Waals surface area contributed by atoms with E-state index in [1.165, 1.54) is 6.07 Å². The number of aromatic carboxylic acids is 1. The molecule has 0 radical (unpaired) electrons. The van der Waals surface area contributed by atoms with Crippen molar-refractivity contribution in [3.8, 4) is 0 Å². The lowest BCUT2D eigenvalue weighted by Crippen LogP contribution is -2.08. The molecular formula is C13H11BrFN3O2. The van der Waals surface area contributed by atoms with Gasteiger partial charge in [-0.3, -0.25) is 0 Å². The zero-order valence-electron chi connectivity index (χ0n) is 10.4. The largest absolute Gasteiger partial charge is 0.476 e. The fourth-order valence-electron chi connectivity index (χ4n) is 2.16. The van der Waals surface area contributed by atoms with Crippen molar-refractivity contribution in [1.82, 2.24) is 15.0 Å². The highest BCUT2D eigenvalue weighted by atomic mass is 79.9. The molecule has 3 rings (SSSR count). The molecule has 1 fully saturated rings. The zero-order valence-corrected chi connectivity index (χ0v) is 12.0. The van der Waals surface area contributed by atoms with Crippen LogP contribution < -0.4 is 0 Å². The predicted molar refractivity (Wildman–Crippen MR) is 72.2 cm³/mol. The van der Waals surface area contributed by atoms with E-state index in [1.807, 2.05) is 0 Å². The molecule has 20 heavy (non-hydrogen) atoms. The van der Waals surface area contributed by atoms with Crippen LogP contribution in [0.15, 0.2) is 22.7 Å². The molecule has 1 heterocycles. The summed E-state index contributed by atoms with van der Waals surface area (Å²) in [6.07, 6.45) is 1.92. The van der Waals surface area contributed by atoms with Crippen LogP contribution in [0.25, 0.3) is 0 Å². The van der Waals surface area contributed by atoms with Gasteiger partial charge in [-0.05, 0) is 46.5 Å². The fourth-order valence-corrected chi connectivity index (χ4v) is 2.59. The van der Waals surface area contributed by atoms with Gasteiger partial charge in [0, 0.05) is 5.92 Å². The number of hydrogen-bond acceptors (Lipinski definition) is 3. The maximum absolute atomic E-state index is 13.2. The van der Waals surface area contributed by atoms with Crippen LogP contribution in [0.5, 0.6) is 0 Å². The van der Waals surface area contributed by atoms with Gasteiger partial charge in [0.25, 0.3) is 0 Å². The number of carbonyl (C=O) groups is 1. The van der Waals surface area contributed by atoms with E-state index in [4.69, 9.17) is 5.11 Å². The molecular weight excluding hydrogens is 329 g/mol. The van der Waals surface area contributed by atoms with Crippen molar-refractivity contribution < 1.29 is 14.3 Å². The van der Waals surface area contributed by atoms with E-state index in [-0.39, 0.29) is 17.4 Å². The summed E-state index contributed by atoms with van der Waals surface area (Å²) >= 11 is 3.13. The Morgan fingerprint density at radius 1 is 1.50 bits per heavy atom. The van der Waals surface area contributed by atoms with Crippen LogP contribution in [-0.2, 0) is 6.54 Å². The van der Waals surface area contributed by atoms with Crippen molar-refractivity contribution in [2.75, 3.05) is 0 Å². The number of benzene rings is 1. The summed E-state index contributed by atoms with van der Waals surface area (Å²) in [6.45, 7) is 0.380. The summed E-state index contributed by atoms with van der Waals surface area (Å²) < 4.78 is 15.2. The molecule has 1 aromatic carbocycles. The van der Waals surface area contributed by atoms with Gasteiger partial charge in [-0.2, -0.15) is 0 Å². The highest BCUT2D eigenvalue weighted by Crippen LogP contribution is 2.41. The standard InChI is InChI=1S/C13H11BrFN3O2/c14-9-5-7(1-4-10(9)15)6-18-12(8-2-3-8)11(13(19)20)16-17-18/h1,4-5,8H,2-3,6H2,(H,19,20). The Balaban J connectivity index is 1.94. The minimum Gasteiger partial charge on any atom is -0.476 e. The molecule has 0 bridgehead atoms. The van der Waals surface area contributed by atoms with Crippen LogP contribution in [0, 0.1) is 5.82 Å². The Bertz CT molecular complexity index is 682. The van der Waals surface area contributed by atoms with Gasteiger partial charge in [-0.15, -0.1) is 5.10 Å². The summed E-state index contributed by atoms with van der Waals surface area (Å²) in [7, 11) is 0. The molecule has 104 valence electrons. The van der Waals surface area contributed by atoms with Crippen LogP contribution in [0.1, 0.15) is 40.5 Å². The first-order valence-electron chi connectivity index (χ1n) is 6.17. The quantitative estimate of drug-likeness (QED) is 0.929. The Morgan fingerprint density at radius 3 is 2.85 bits per heavy atom. The first kappa shape index (κ1) is 13.2. The first-order chi connectivity index (χ1) is 9.56. The van der Waals surface area contributed by atoms with Crippen LogP contribution in [0.3, 0.4) is 0 Å². The number of rotatable bonds is 4. The second-order valence-corrected chi connectivity index (χ2v) is 5.66. The summed E-state index contributed by atoms with van der Waals surface area (Å²) in [5.41, 5.74) is 1.52. The summed E-state index contributed by atoms with van der Waals surface area (Å²) in [5.74, 6) is -1.17. The van der Waals surface area contributed by atoms with Gasteiger partial charge in [-0.1, -0.05) is 11.3 Å². The van der Waals surface area contributed by atoms with Crippen molar-refractivity contribution in [3.63, 3.8) is 0 Å². The van der Waals surface area contributed by atoms with Gasteiger partial charge < -0.3 is 5.11 Å². The third-order valence-corrected chi connectivity index (χ3v) is 3.86. The fraction of sp³-hybridized carbons (Fsp3) is 0.308. The Hall–Kier alpha value is -1.76. The van der Waals surface area contributed by atoms with E-state index in [0.717, 1.165) is 18.4 Å². The maximum atomic E-state index is 13.2. The molecule has 2 aromatic rings. The highest BCUT2D eigenvalue weighted by molar-refractivity contribution is 9.10. The van der Waals surface area contributed by atoms with E-state index in [1.54, 1.807) is 16.8 Å². The molecule has 5 nitrogen and oxygen atoms in total. The van der Waals surface area contributed by atoms with Crippen LogP contribution in [0.2, 0.25) is 0 Å². The van der Waals surface area contributed by atoms with Gasteiger partial charge >= 0.3 is 5.97 Å². The van der Waals surface area contributed by atoms with Crippen molar-refractivity contribution in [2.45, 2.75) is 25.3 Å². The van der Waals surface area contributed by atoms with Gasteiger partial charge in [0.15, 0.2) is 5.69 Å². The van der Waals surface area contributed by atoms with Crippen LogP contribution >= 0.6 is 15.9 Å². The topological polar surface area (TPSA) is 68.0 Å². The number of carboxylic acids is 1. The summed E-state index contributed by atoms with van der Waals surface area (Å²) in [5, 5.41) is 16.8. The second-order valence-electron chi connectivity index (χ2n) is 4.81. The molecule has 0 saturated heterocycles. The van der Waals surface area contributed by atoms with E-state index < -0.39 is 5.97 Å². The van der Waals surface area contributed by atoms with Gasteiger partial charge in [-0.25, -0.2) is 13.9 Å². The third-order valence-electron chi connectivity index (χ3n) is 3.26. The third kappa shape index (κ3) is 2.45. The van der Waals surface area contributed by atoms with E-state index in [0.29, 0.717) is 16.7 Å². The predicted octanol–water partition coefficient (Wildman–Crippen LogP) is 2.80. The number of hydrogen-bond donors (Lipinski definition) is 1. The van der Waals surface area contributed by atoms with Gasteiger partial charge in [0.2, 0.25) is 0 Å². The molecule has 0 atom stereocenters. The lowest BCUT2D eigenvalue weighted by Gasteiger charge is -2.07. The van der Waals surface area contributed by atoms with E-state index >= 15 is 0 Å². The number of aromatic nitrogens is 3. The molecule has 0 aliphatic heterocycles. The molecule has 7 heteroatoms. The summed E-state index contributed by atoms with van der Waals surface area (Å²) in [4.78, 5) is 11.1. The van der Waals surface area contributed by atoms with Gasteiger partial charge in [0.1, 0.15) is 5.82 Å². The van der Waals surface area contributed by atoms with Crippen LogP contribution in [0.4, 0.5) is 4.39 Å². The molecule has 1 N–H and O–H groups in total. The lowest BCUT2D eigenvalue weighted by molar-refractivity contribution is 0.0689. The molecule has 1 saturated carbocycles. The zero-order chi connectivity index (χ0) is 14.3. The maximum Gasteiger partial charge on any atom is 0.358 e. The van der Waals surface area contributed by atoms with E-state index in [2.05, 4.69) is 26.2 Å². The summed E-state index contributed by atoms with van der Waals surface area (Å²) in [6, 6.07) is 4.68. The Kier molecular flexibility index (Phi) is 3.29. The average molecular weight is 340 g/mol. The number of carboxylic acid groups (broad SMARTS) is 1. The molecule has 0 unspecified atom stereocenters. The average Bonchev–Trinajstić information content (AvgIpc) is 3.15. The van der Waals surface area contributed by atoms with Gasteiger partial charge in [0.05, 0.1) is 16.7 Å². The van der Waals surface area contributed by atoms with Crippen LogP contribution in [-0.4, -0.2) is 26.1 Å². The molecule has 0 amide bonds. The number of halogens is 2. The smallest absolute Gasteiger partial charge is 0.358 e. The molecule has 0 spiro atoms. The van der Waals surface area contributed by atoms with Crippen molar-refractivity contribution in [2.24, 2.45) is 0 Å². The Morgan fingerprint density at radius 2 is 2.25 bits per heavy atom. The van der Waals surface area contributed by atoms with Crippen molar-refractivity contribution >= 4 is 21.9 Å².